The Balaban J connectivity index is 1.81. The zero-order valence-corrected chi connectivity index (χ0v) is 19.5. The molecule has 0 saturated heterocycles. The summed E-state index contributed by atoms with van der Waals surface area (Å²) in [5.74, 6) is 0.613. The van der Waals surface area contributed by atoms with Crippen LogP contribution in [0.15, 0.2) is 78.9 Å². The number of hydrogen-bond acceptors (Lipinski definition) is 5. The number of amides is 1. The largest absolute Gasteiger partial charge is 0.497 e. The van der Waals surface area contributed by atoms with Gasteiger partial charge in [0.15, 0.2) is 0 Å². The Morgan fingerprint density at radius 3 is 2.56 bits per heavy atom. The average Bonchev–Trinajstić information content (AvgIpc) is 2.88. The highest BCUT2D eigenvalue weighted by Gasteiger charge is 2.23. The second kappa shape index (κ2) is 10.9. The zero-order chi connectivity index (χ0) is 23.9. The summed E-state index contributed by atoms with van der Waals surface area (Å²) in [5.41, 5.74) is 10.7. The molecule has 4 N–H and O–H groups in total. The molecule has 0 radical (unpaired) electrons. The molecule has 0 spiro atoms. The van der Waals surface area contributed by atoms with Crippen LogP contribution in [0.25, 0.3) is 22.2 Å². The number of nitrogens with one attached hydrogen (secondary N) is 2. The van der Waals surface area contributed by atoms with Crippen molar-refractivity contribution in [2.45, 2.75) is 19.5 Å². The maximum Gasteiger partial charge on any atom is 0.252 e. The minimum Gasteiger partial charge on any atom is -0.497 e. The molecule has 4 aromatic rings. The molecule has 34 heavy (non-hydrogen) atoms. The first-order valence-electron chi connectivity index (χ1n) is 11.4. The van der Waals surface area contributed by atoms with Crippen molar-refractivity contribution >= 4 is 16.8 Å². The molecular weight excluding hydrogens is 424 g/mol. The molecule has 1 amide bonds. The minimum atomic E-state index is -0.209. The molecule has 0 fully saturated rings. The molecule has 0 aliphatic rings. The van der Waals surface area contributed by atoms with Crippen LogP contribution in [-0.4, -0.2) is 31.1 Å². The molecule has 0 saturated carbocycles. The number of hydrogen-bond donors (Lipinski definition) is 3. The maximum absolute atomic E-state index is 13.8. The molecule has 4 rings (SSSR count). The lowest BCUT2D eigenvalue weighted by Crippen LogP contribution is -2.30. The predicted octanol–water partition coefficient (Wildman–Crippen LogP) is 4.45. The summed E-state index contributed by atoms with van der Waals surface area (Å²) in [4.78, 5) is 18.8. The molecule has 1 atom stereocenters. The number of aromatic nitrogens is 1. The fraction of sp³-hybridized carbons (Fsp3) is 0.214. The Kier molecular flexibility index (Phi) is 7.52. The van der Waals surface area contributed by atoms with E-state index in [1.807, 2.05) is 85.8 Å². The van der Waals surface area contributed by atoms with Crippen molar-refractivity contribution in [1.82, 2.24) is 15.6 Å². The van der Waals surface area contributed by atoms with E-state index < -0.39 is 0 Å². The van der Waals surface area contributed by atoms with Crippen molar-refractivity contribution in [3.8, 4) is 17.0 Å². The van der Waals surface area contributed by atoms with E-state index in [2.05, 4.69) is 10.6 Å². The van der Waals surface area contributed by atoms with Crippen molar-refractivity contribution in [3.63, 3.8) is 0 Å². The topological polar surface area (TPSA) is 89.3 Å². The molecule has 6 heteroatoms. The fourth-order valence-corrected chi connectivity index (χ4v) is 4.10. The van der Waals surface area contributed by atoms with Gasteiger partial charge in [0.05, 0.1) is 29.9 Å². The fourth-order valence-electron chi connectivity index (χ4n) is 4.10. The first-order chi connectivity index (χ1) is 16.6. The first-order valence-corrected chi connectivity index (χ1v) is 11.4. The summed E-state index contributed by atoms with van der Waals surface area (Å²) in [7, 11) is 1.64. The van der Waals surface area contributed by atoms with Crippen LogP contribution in [0.4, 0.5) is 0 Å². The summed E-state index contributed by atoms with van der Waals surface area (Å²) in [5, 5.41) is 7.37. The number of methoxy groups -OCH3 is 1. The van der Waals surface area contributed by atoms with Gasteiger partial charge in [0.2, 0.25) is 0 Å². The van der Waals surface area contributed by atoms with Crippen LogP contribution < -0.4 is 21.1 Å². The molecule has 1 aromatic heterocycles. The number of carbonyl (C=O) groups excluding carboxylic acids is 1. The normalized spacial score (nSPS) is 11.9. The van der Waals surface area contributed by atoms with Crippen molar-refractivity contribution < 1.29 is 9.53 Å². The number of para-hydroxylation sites is 1. The summed E-state index contributed by atoms with van der Waals surface area (Å²) in [6.45, 7) is 3.61. The highest BCUT2D eigenvalue weighted by atomic mass is 16.5. The Labute approximate surface area is 200 Å². The number of nitrogens with two attached hydrogens (primary N) is 1. The van der Waals surface area contributed by atoms with Gasteiger partial charge in [-0.05, 0) is 30.7 Å². The Morgan fingerprint density at radius 1 is 1.03 bits per heavy atom. The number of pyridine rings is 1. The van der Waals surface area contributed by atoms with E-state index in [1.54, 1.807) is 7.11 Å². The van der Waals surface area contributed by atoms with Crippen molar-refractivity contribution in [2.24, 2.45) is 5.73 Å². The third-order valence-corrected chi connectivity index (χ3v) is 5.83. The van der Waals surface area contributed by atoms with Gasteiger partial charge in [-0.15, -0.1) is 0 Å². The summed E-state index contributed by atoms with van der Waals surface area (Å²) < 4.78 is 5.35. The van der Waals surface area contributed by atoms with Gasteiger partial charge in [0.1, 0.15) is 5.75 Å². The summed E-state index contributed by atoms with van der Waals surface area (Å²) in [6, 6.07) is 25.3. The monoisotopic (exact) mass is 454 g/mol. The number of nitrogens with zero attached hydrogens (tertiary/aromatic N) is 1. The van der Waals surface area contributed by atoms with Gasteiger partial charge < -0.3 is 21.1 Å². The molecular formula is C28H30N4O2. The minimum absolute atomic E-state index is 0.143. The lowest BCUT2D eigenvalue weighted by atomic mass is 9.95. The number of benzene rings is 3. The highest BCUT2D eigenvalue weighted by molar-refractivity contribution is 6.09. The second-order valence-corrected chi connectivity index (χ2v) is 8.13. The van der Waals surface area contributed by atoms with Crippen molar-refractivity contribution in [3.05, 3.63) is 95.6 Å². The molecule has 174 valence electrons. The van der Waals surface area contributed by atoms with Crippen LogP contribution in [0.1, 0.15) is 34.5 Å². The van der Waals surface area contributed by atoms with Crippen LogP contribution in [-0.2, 0) is 6.54 Å². The number of ether oxygens (including phenoxy) is 1. The van der Waals surface area contributed by atoms with E-state index >= 15 is 0 Å². The first kappa shape index (κ1) is 23.4. The quantitative estimate of drug-likeness (QED) is 0.325. The Morgan fingerprint density at radius 2 is 1.79 bits per heavy atom. The molecule has 0 aliphatic carbocycles. The number of fused-ring (bicyclic) bond motifs is 1. The van der Waals surface area contributed by atoms with Gasteiger partial charge in [-0.3, -0.25) is 4.79 Å². The molecule has 0 aliphatic heterocycles. The molecule has 0 bridgehead atoms. The van der Waals surface area contributed by atoms with Crippen molar-refractivity contribution in [2.75, 3.05) is 20.2 Å². The van der Waals surface area contributed by atoms with Crippen LogP contribution in [0.2, 0.25) is 0 Å². The lowest BCUT2D eigenvalue weighted by molar-refractivity contribution is 0.0940. The van der Waals surface area contributed by atoms with E-state index in [9.17, 15) is 4.79 Å². The Hall–Kier alpha value is -3.74. The molecule has 6 nitrogen and oxygen atoms in total. The lowest BCUT2D eigenvalue weighted by Gasteiger charge is -2.20. The van der Waals surface area contributed by atoms with Crippen molar-refractivity contribution in [1.29, 1.82) is 0 Å². The van der Waals surface area contributed by atoms with Crippen LogP contribution in [0, 0.1) is 0 Å². The predicted molar refractivity (Wildman–Crippen MR) is 137 cm³/mol. The third-order valence-electron chi connectivity index (χ3n) is 5.83. The summed E-state index contributed by atoms with van der Waals surface area (Å²) in [6.07, 6.45) is 0. The molecule has 0 unspecified atom stereocenters. The second-order valence-electron chi connectivity index (χ2n) is 8.13. The smallest absolute Gasteiger partial charge is 0.252 e. The van der Waals surface area contributed by atoms with Gasteiger partial charge in [-0.2, -0.15) is 0 Å². The van der Waals surface area contributed by atoms with Gasteiger partial charge in [0, 0.05) is 36.1 Å². The number of carbonyl (C=O) groups is 1. The van der Waals surface area contributed by atoms with Crippen LogP contribution >= 0.6 is 0 Å². The van der Waals surface area contributed by atoms with Crippen LogP contribution in [0.3, 0.4) is 0 Å². The number of rotatable bonds is 9. The maximum atomic E-state index is 13.8. The van der Waals surface area contributed by atoms with E-state index in [1.165, 1.54) is 0 Å². The van der Waals surface area contributed by atoms with Crippen LogP contribution in [0.5, 0.6) is 5.75 Å². The Bertz CT molecular complexity index is 1270. The van der Waals surface area contributed by atoms with E-state index in [0.717, 1.165) is 39.0 Å². The molecule has 1 heterocycles. The average molecular weight is 455 g/mol. The standard InChI is InChI=1S/C28H30N4O2/c1-19(21-11-8-12-22(17-21)34-2)31-28(33)26-23-13-6-7-14-25(23)32-27(20-9-4-3-5-10-20)24(26)18-30-16-15-29/h3-14,17,19,30H,15-16,18,29H2,1-2H3,(H,31,33)/t19-/m0/s1. The van der Waals surface area contributed by atoms with E-state index in [4.69, 9.17) is 15.5 Å². The summed E-state index contributed by atoms with van der Waals surface area (Å²) >= 11 is 0. The highest BCUT2D eigenvalue weighted by Crippen LogP contribution is 2.31. The van der Waals surface area contributed by atoms with Gasteiger partial charge in [-0.1, -0.05) is 60.7 Å². The van der Waals surface area contributed by atoms with Gasteiger partial charge >= 0.3 is 0 Å². The van der Waals surface area contributed by atoms with Gasteiger partial charge in [-0.25, -0.2) is 4.98 Å². The van der Waals surface area contributed by atoms with E-state index in [0.29, 0.717) is 25.2 Å². The van der Waals surface area contributed by atoms with Gasteiger partial charge in [0.25, 0.3) is 5.91 Å². The molecule has 3 aromatic carbocycles. The van der Waals surface area contributed by atoms with E-state index in [-0.39, 0.29) is 11.9 Å². The SMILES string of the molecule is COc1cccc([C@H](C)NC(=O)c2c(CNCCN)c(-c3ccccc3)nc3ccccc23)c1. The third kappa shape index (κ3) is 5.09. The zero-order valence-electron chi connectivity index (χ0n) is 19.5.